The molecule has 0 saturated carbocycles. The molecule has 0 spiro atoms. The van der Waals surface area contributed by atoms with Crippen molar-refractivity contribution in [3.05, 3.63) is 35.0 Å². The first-order chi connectivity index (χ1) is 4.93. The fraction of sp³-hybridized carbons (Fsp3) is 0.125. The second kappa shape index (κ2) is 4.01. The van der Waals surface area contributed by atoms with Gasteiger partial charge in [-0.2, -0.15) is 0 Å². The minimum absolute atomic E-state index is 0.706. The number of hydrogen-bond acceptors (Lipinski definition) is 2. The van der Waals surface area contributed by atoms with Gasteiger partial charge >= 0.3 is 0 Å². The fourth-order valence-electron chi connectivity index (χ4n) is 0.582. The van der Waals surface area contributed by atoms with E-state index in [4.69, 9.17) is 0 Å². The van der Waals surface area contributed by atoms with Crippen LogP contribution in [-0.4, -0.2) is 12.8 Å². The van der Waals surface area contributed by atoms with Crippen LogP contribution >= 0.6 is 11.3 Å². The van der Waals surface area contributed by atoms with E-state index in [1.807, 2.05) is 23.7 Å². The van der Waals surface area contributed by atoms with Crippen LogP contribution < -0.4 is 0 Å². The summed E-state index contributed by atoms with van der Waals surface area (Å²) in [7, 11) is 0. The Labute approximate surface area is 64.7 Å². The van der Waals surface area contributed by atoms with Gasteiger partial charge in [-0.15, -0.1) is 17.9 Å². The van der Waals surface area contributed by atoms with Gasteiger partial charge in [0.2, 0.25) is 0 Å². The molecule has 0 aliphatic rings. The minimum atomic E-state index is 0.706. The Morgan fingerprint density at radius 3 is 3.20 bits per heavy atom. The molecule has 0 fully saturated rings. The van der Waals surface area contributed by atoms with Gasteiger partial charge in [-0.05, 0) is 11.4 Å². The Hall–Kier alpha value is -0.890. The molecule has 0 atom stereocenters. The van der Waals surface area contributed by atoms with Gasteiger partial charge in [0, 0.05) is 11.1 Å². The SMILES string of the molecule is C=CCN=Cc1cccs1. The lowest BCUT2D eigenvalue weighted by atomic mass is 10.5. The highest BCUT2D eigenvalue weighted by molar-refractivity contribution is 7.11. The molecule has 0 unspecified atom stereocenters. The van der Waals surface area contributed by atoms with E-state index >= 15 is 0 Å². The van der Waals surface area contributed by atoms with E-state index in [0.29, 0.717) is 6.54 Å². The molecule has 0 amide bonds. The molecule has 1 aromatic rings. The summed E-state index contributed by atoms with van der Waals surface area (Å²) in [6.07, 6.45) is 3.65. The predicted octanol–water partition coefficient (Wildman–Crippen LogP) is 2.35. The summed E-state index contributed by atoms with van der Waals surface area (Å²) in [5, 5.41) is 2.04. The molecule has 0 saturated heterocycles. The van der Waals surface area contributed by atoms with Crippen molar-refractivity contribution in [1.29, 1.82) is 0 Å². The summed E-state index contributed by atoms with van der Waals surface area (Å²) in [6, 6.07) is 4.05. The van der Waals surface area contributed by atoms with Crippen molar-refractivity contribution in [2.24, 2.45) is 4.99 Å². The second-order valence-corrected chi connectivity index (χ2v) is 2.78. The summed E-state index contributed by atoms with van der Waals surface area (Å²) in [4.78, 5) is 5.30. The highest BCUT2D eigenvalue weighted by atomic mass is 32.1. The maximum absolute atomic E-state index is 4.10. The average Bonchev–Trinajstić information content (AvgIpc) is 2.41. The number of rotatable bonds is 3. The van der Waals surface area contributed by atoms with Crippen LogP contribution in [0.5, 0.6) is 0 Å². The number of nitrogens with zero attached hydrogens (tertiary/aromatic N) is 1. The van der Waals surface area contributed by atoms with E-state index in [1.165, 1.54) is 4.88 Å². The molecule has 1 heterocycles. The van der Waals surface area contributed by atoms with Crippen LogP contribution in [0.15, 0.2) is 35.2 Å². The molecule has 10 heavy (non-hydrogen) atoms. The fourth-order valence-corrected chi connectivity index (χ4v) is 1.19. The maximum Gasteiger partial charge on any atom is 0.0568 e. The molecule has 0 aliphatic heterocycles. The molecule has 1 rings (SSSR count). The first-order valence-electron chi connectivity index (χ1n) is 3.07. The molecule has 0 radical (unpaired) electrons. The van der Waals surface area contributed by atoms with Gasteiger partial charge in [0.1, 0.15) is 0 Å². The molecule has 2 heteroatoms. The Morgan fingerprint density at radius 2 is 2.60 bits per heavy atom. The van der Waals surface area contributed by atoms with Gasteiger partial charge < -0.3 is 0 Å². The van der Waals surface area contributed by atoms with Crippen molar-refractivity contribution in [3.8, 4) is 0 Å². The molecule has 1 nitrogen and oxygen atoms in total. The normalized spacial score (nSPS) is 10.4. The number of hydrogen-bond donors (Lipinski definition) is 0. The van der Waals surface area contributed by atoms with Crippen molar-refractivity contribution in [3.63, 3.8) is 0 Å². The van der Waals surface area contributed by atoms with E-state index in [9.17, 15) is 0 Å². The van der Waals surface area contributed by atoms with Crippen LogP contribution in [0.3, 0.4) is 0 Å². The monoisotopic (exact) mass is 151 g/mol. The van der Waals surface area contributed by atoms with Crippen LogP contribution in [0.4, 0.5) is 0 Å². The highest BCUT2D eigenvalue weighted by Gasteiger charge is 1.83. The van der Waals surface area contributed by atoms with Crippen molar-refractivity contribution >= 4 is 17.6 Å². The molecule has 0 aromatic carbocycles. The van der Waals surface area contributed by atoms with Gasteiger partial charge in [0.15, 0.2) is 0 Å². The van der Waals surface area contributed by atoms with E-state index in [2.05, 4.69) is 11.6 Å². The largest absolute Gasteiger partial charge is 0.288 e. The minimum Gasteiger partial charge on any atom is -0.288 e. The van der Waals surface area contributed by atoms with E-state index < -0.39 is 0 Å². The van der Waals surface area contributed by atoms with Crippen LogP contribution in [0, 0.1) is 0 Å². The van der Waals surface area contributed by atoms with Gasteiger partial charge in [-0.1, -0.05) is 12.1 Å². The summed E-state index contributed by atoms with van der Waals surface area (Å²) in [5.41, 5.74) is 0. The van der Waals surface area contributed by atoms with Gasteiger partial charge in [-0.25, -0.2) is 0 Å². The predicted molar refractivity (Wildman–Crippen MR) is 47.0 cm³/mol. The van der Waals surface area contributed by atoms with Crippen molar-refractivity contribution in [2.45, 2.75) is 0 Å². The zero-order valence-electron chi connectivity index (χ0n) is 5.66. The third kappa shape index (κ3) is 2.15. The lowest BCUT2D eigenvalue weighted by Gasteiger charge is -1.80. The summed E-state index contributed by atoms with van der Waals surface area (Å²) < 4.78 is 0. The van der Waals surface area contributed by atoms with Crippen LogP contribution in [0.1, 0.15) is 4.88 Å². The van der Waals surface area contributed by atoms with Crippen LogP contribution in [0.25, 0.3) is 0 Å². The first kappa shape index (κ1) is 7.22. The first-order valence-corrected chi connectivity index (χ1v) is 3.95. The molecule has 1 aromatic heterocycles. The lowest BCUT2D eigenvalue weighted by Crippen LogP contribution is -1.74. The van der Waals surface area contributed by atoms with Crippen molar-refractivity contribution < 1.29 is 0 Å². The molecule has 0 bridgehead atoms. The standard InChI is InChI=1S/C8H9NS/c1-2-5-9-7-8-4-3-6-10-8/h2-4,6-7H,1,5H2. The summed E-state index contributed by atoms with van der Waals surface area (Å²) >= 11 is 1.69. The van der Waals surface area contributed by atoms with Gasteiger partial charge in [0.05, 0.1) is 6.54 Å². The van der Waals surface area contributed by atoms with Crippen LogP contribution in [-0.2, 0) is 0 Å². The summed E-state index contributed by atoms with van der Waals surface area (Å²) in [5.74, 6) is 0. The molecular formula is C8H9NS. The molecule has 52 valence electrons. The third-order valence-corrected chi connectivity index (χ3v) is 1.80. The highest BCUT2D eigenvalue weighted by Crippen LogP contribution is 2.04. The van der Waals surface area contributed by atoms with Gasteiger partial charge in [-0.3, -0.25) is 4.99 Å². The maximum atomic E-state index is 4.10. The van der Waals surface area contributed by atoms with Crippen LogP contribution in [0.2, 0.25) is 0 Å². The van der Waals surface area contributed by atoms with E-state index in [0.717, 1.165) is 0 Å². The number of thiophene rings is 1. The lowest BCUT2D eigenvalue weighted by molar-refractivity contribution is 1.27. The average molecular weight is 151 g/mol. The van der Waals surface area contributed by atoms with E-state index in [-0.39, 0.29) is 0 Å². The smallest absolute Gasteiger partial charge is 0.0568 e. The quantitative estimate of drug-likeness (QED) is 0.464. The Kier molecular flexibility index (Phi) is 2.90. The topological polar surface area (TPSA) is 12.4 Å². The van der Waals surface area contributed by atoms with Crippen molar-refractivity contribution in [1.82, 2.24) is 0 Å². The summed E-state index contributed by atoms with van der Waals surface area (Å²) in [6.45, 7) is 4.28. The Morgan fingerprint density at radius 1 is 1.70 bits per heavy atom. The van der Waals surface area contributed by atoms with Crippen molar-refractivity contribution in [2.75, 3.05) is 6.54 Å². The molecular weight excluding hydrogens is 142 g/mol. The van der Waals surface area contributed by atoms with Gasteiger partial charge in [0.25, 0.3) is 0 Å². The molecule has 0 N–H and O–H groups in total. The Bertz CT molecular complexity index is 211. The zero-order chi connectivity index (χ0) is 7.23. The Balaban J connectivity index is 2.47. The second-order valence-electron chi connectivity index (χ2n) is 1.80. The zero-order valence-corrected chi connectivity index (χ0v) is 6.47. The van der Waals surface area contributed by atoms with E-state index in [1.54, 1.807) is 17.4 Å². The third-order valence-electron chi connectivity index (χ3n) is 0.996. The number of aliphatic imine (C=N–C) groups is 1. The molecule has 0 aliphatic carbocycles.